The molecular weight excluding hydrogens is 196 g/mol. The maximum atomic E-state index is 11.2. The maximum absolute atomic E-state index is 11.2. The van der Waals surface area contributed by atoms with E-state index in [0.29, 0.717) is 0 Å². The Labute approximate surface area is 51.8 Å². The second-order valence-electron chi connectivity index (χ2n) is 0.842. The third kappa shape index (κ3) is 3.17. The average molecular weight is 197 g/mol. The molecule has 5 heteroatoms. The lowest BCUT2D eigenvalue weighted by Crippen LogP contribution is -2.15. The van der Waals surface area contributed by atoms with Crippen molar-refractivity contribution in [3.63, 3.8) is 0 Å². The molecule has 0 spiro atoms. The van der Waals surface area contributed by atoms with E-state index in [2.05, 4.69) is 11.6 Å². The summed E-state index contributed by atoms with van der Waals surface area (Å²) in [5.41, 5.74) is 0. The zero-order valence-corrected chi connectivity index (χ0v) is 5.31. The van der Waals surface area contributed by atoms with Crippen LogP contribution in [0.15, 0.2) is 0 Å². The average Bonchev–Trinajstić information content (AvgIpc) is 1.31. The monoisotopic (exact) mass is 196 g/mol. The molecule has 0 saturated heterocycles. The van der Waals surface area contributed by atoms with Crippen molar-refractivity contribution >= 4 is 27.5 Å². The normalized spacial score (nSPS) is 16.7. The highest BCUT2D eigenvalue weighted by Crippen LogP contribution is 2.29. The minimum Gasteiger partial charge on any atom is -0.227 e. The molecule has 0 aromatic carbocycles. The van der Waals surface area contributed by atoms with Crippen molar-refractivity contribution in [1.82, 2.24) is 0 Å². The molecule has 0 aromatic rings. The molecule has 0 fully saturated rings. The van der Waals surface area contributed by atoms with E-state index < -0.39 is 10.5 Å². The number of halogens is 5. The van der Waals surface area contributed by atoms with Crippen LogP contribution in [0.1, 0.15) is 0 Å². The topological polar surface area (TPSA) is 0 Å². The highest BCUT2D eigenvalue weighted by molar-refractivity contribution is 9.09. The van der Waals surface area contributed by atoms with E-state index in [9.17, 15) is 13.2 Å². The predicted octanol–water partition coefficient (Wildman–Crippen LogP) is 2.51. The zero-order chi connectivity index (χ0) is 6.08. The molecule has 0 radical (unpaired) electrons. The molecule has 0 aromatic heterocycles. The van der Waals surface area contributed by atoms with Gasteiger partial charge < -0.3 is 0 Å². The van der Waals surface area contributed by atoms with Crippen molar-refractivity contribution in [2.45, 2.75) is 10.5 Å². The van der Waals surface area contributed by atoms with Crippen molar-refractivity contribution in [1.29, 1.82) is 0 Å². The molecule has 44 valence electrons. The van der Waals surface area contributed by atoms with Crippen molar-refractivity contribution in [2.24, 2.45) is 0 Å². The Bertz CT molecular complexity index is 58.4. The van der Waals surface area contributed by atoms with E-state index in [4.69, 9.17) is 0 Å². The Kier molecular flexibility index (Phi) is 2.40. The first kappa shape index (κ1) is 7.56. The summed E-state index contributed by atoms with van der Waals surface area (Å²) in [4.78, 5) is 0. The molecule has 0 N–H and O–H groups in total. The van der Waals surface area contributed by atoms with Crippen LogP contribution in [0, 0.1) is 0 Å². The fourth-order valence-electron chi connectivity index (χ4n) is 0. The fraction of sp³-hybridized carbons (Fsp3) is 1.00. The summed E-state index contributed by atoms with van der Waals surface area (Å²) in [7, 11) is 0. The largest absolute Gasteiger partial charge is 0.362 e. The van der Waals surface area contributed by atoms with Crippen molar-refractivity contribution in [3.8, 4) is 0 Å². The van der Waals surface area contributed by atoms with E-state index in [1.807, 2.05) is 15.9 Å². The Balaban J connectivity index is 3.54. The van der Waals surface area contributed by atoms with Gasteiger partial charge in [-0.25, -0.2) is 4.39 Å². The zero-order valence-electron chi connectivity index (χ0n) is 2.97. The summed E-state index contributed by atoms with van der Waals surface area (Å²) in [6.07, 6.45) is 0. The van der Waals surface area contributed by atoms with E-state index >= 15 is 0 Å². The van der Waals surface area contributed by atoms with Gasteiger partial charge in [-0.05, 0) is 27.5 Å². The summed E-state index contributed by atoms with van der Waals surface area (Å²) in [5, 5.41) is -6.23. The first-order valence-corrected chi connectivity index (χ1v) is 2.59. The smallest absolute Gasteiger partial charge is 0.227 e. The number of hydrogen-bond donors (Lipinski definition) is 0. The Morgan fingerprint density at radius 1 is 1.57 bits per heavy atom. The molecule has 1 atom stereocenters. The van der Waals surface area contributed by atoms with Crippen LogP contribution in [0.5, 0.6) is 0 Å². The van der Waals surface area contributed by atoms with Crippen LogP contribution >= 0.6 is 27.5 Å². The van der Waals surface area contributed by atoms with Gasteiger partial charge in [0.25, 0.3) is 0 Å². The van der Waals surface area contributed by atoms with Crippen LogP contribution in [0.4, 0.5) is 13.2 Å². The first-order valence-electron chi connectivity index (χ1n) is 1.29. The highest BCUT2D eigenvalue weighted by atomic mass is 79.9. The quantitative estimate of drug-likeness (QED) is 0.567. The van der Waals surface area contributed by atoms with Gasteiger partial charge in [-0.3, -0.25) is 0 Å². The molecule has 0 heterocycles. The number of alkyl halides is 5. The maximum Gasteiger partial charge on any atom is 0.362 e. The van der Waals surface area contributed by atoms with Gasteiger partial charge in [-0.2, -0.15) is 8.78 Å². The summed E-state index contributed by atoms with van der Waals surface area (Å²) < 4.78 is 33.6. The molecule has 0 nitrogen and oxygen atoms in total. The van der Waals surface area contributed by atoms with E-state index in [0.717, 1.165) is 0 Å². The van der Waals surface area contributed by atoms with Crippen molar-refractivity contribution in [3.05, 3.63) is 0 Å². The molecule has 0 saturated carbocycles. The molecular formula is C2HBrClF3. The molecule has 0 aliphatic carbocycles. The van der Waals surface area contributed by atoms with Crippen LogP contribution in [0.25, 0.3) is 0 Å². The third-order valence-electron chi connectivity index (χ3n) is 0.247. The molecule has 1 unspecified atom stereocenters. The van der Waals surface area contributed by atoms with Crippen LogP contribution in [0.3, 0.4) is 0 Å². The van der Waals surface area contributed by atoms with Crippen molar-refractivity contribution < 1.29 is 13.2 Å². The van der Waals surface area contributed by atoms with E-state index in [1.165, 1.54) is 0 Å². The number of rotatable bonds is 1. The summed E-state index contributed by atoms with van der Waals surface area (Å²) in [5.74, 6) is 0. The van der Waals surface area contributed by atoms with Crippen LogP contribution in [-0.4, -0.2) is 10.5 Å². The minimum atomic E-state index is -3.78. The molecule has 0 aliphatic heterocycles. The second-order valence-corrected chi connectivity index (χ2v) is 2.15. The van der Waals surface area contributed by atoms with E-state index in [-0.39, 0.29) is 0 Å². The summed E-state index contributed by atoms with van der Waals surface area (Å²) in [6, 6.07) is 0. The third-order valence-corrected chi connectivity index (χ3v) is 1.28. The Morgan fingerprint density at radius 3 is 1.71 bits per heavy atom. The van der Waals surface area contributed by atoms with E-state index in [1.54, 1.807) is 0 Å². The fourth-order valence-corrected chi connectivity index (χ4v) is 0. The lowest BCUT2D eigenvalue weighted by Gasteiger charge is -2.04. The Morgan fingerprint density at radius 2 is 1.71 bits per heavy atom. The van der Waals surface area contributed by atoms with Gasteiger partial charge in [0.05, 0.1) is 0 Å². The number of hydrogen-bond acceptors (Lipinski definition) is 0. The SMILES string of the molecule is FC(Br)C(F)(F)Cl. The Hall–Kier alpha value is 0.560. The van der Waals surface area contributed by atoms with Gasteiger partial charge in [0.1, 0.15) is 0 Å². The highest BCUT2D eigenvalue weighted by Gasteiger charge is 2.34. The van der Waals surface area contributed by atoms with Gasteiger partial charge in [-0.15, -0.1) is 0 Å². The van der Waals surface area contributed by atoms with Gasteiger partial charge in [0.2, 0.25) is 5.08 Å². The van der Waals surface area contributed by atoms with Gasteiger partial charge in [0.15, 0.2) is 0 Å². The molecule has 0 aliphatic rings. The van der Waals surface area contributed by atoms with Gasteiger partial charge in [-0.1, -0.05) is 0 Å². The predicted molar refractivity (Wildman–Crippen MR) is 24.6 cm³/mol. The van der Waals surface area contributed by atoms with Crippen LogP contribution in [0.2, 0.25) is 0 Å². The molecule has 0 amide bonds. The molecule has 0 bridgehead atoms. The summed E-state index contributed by atoms with van der Waals surface area (Å²) >= 11 is 6.06. The lowest BCUT2D eigenvalue weighted by molar-refractivity contribution is 0.0517. The standard InChI is InChI=1S/C2HBrClF3/c3-1(5)2(4,6)7/h1H. The lowest BCUT2D eigenvalue weighted by atomic mass is 10.8. The summed E-state index contributed by atoms with van der Waals surface area (Å²) in [6.45, 7) is 0. The van der Waals surface area contributed by atoms with Gasteiger partial charge in [0, 0.05) is 0 Å². The second kappa shape index (κ2) is 2.22. The molecule has 0 rings (SSSR count). The van der Waals surface area contributed by atoms with Crippen LogP contribution in [-0.2, 0) is 0 Å². The first-order chi connectivity index (χ1) is 2.94. The van der Waals surface area contributed by atoms with Gasteiger partial charge >= 0.3 is 5.38 Å². The molecule has 7 heavy (non-hydrogen) atoms. The van der Waals surface area contributed by atoms with Crippen LogP contribution < -0.4 is 0 Å². The minimum absolute atomic E-state index is 1.95. The van der Waals surface area contributed by atoms with Crippen molar-refractivity contribution in [2.75, 3.05) is 0 Å².